The summed E-state index contributed by atoms with van der Waals surface area (Å²) in [5.74, 6) is -0.0483. The number of benzene rings is 2. The first kappa shape index (κ1) is 21.4. The van der Waals surface area contributed by atoms with Gasteiger partial charge in [0.05, 0.1) is 12.2 Å². The van der Waals surface area contributed by atoms with Gasteiger partial charge in [-0.05, 0) is 67.9 Å². The molecule has 156 valence electrons. The fourth-order valence-electron chi connectivity index (χ4n) is 2.94. The van der Waals surface area contributed by atoms with Crippen molar-refractivity contribution in [3.8, 4) is 23.1 Å². The lowest BCUT2D eigenvalue weighted by Crippen LogP contribution is -2.13. The number of nitrogens with one attached hydrogen (secondary N) is 1. The largest absolute Gasteiger partial charge is 0.494 e. The van der Waals surface area contributed by atoms with Gasteiger partial charge in [0.1, 0.15) is 28.9 Å². The third kappa shape index (κ3) is 5.19. The molecule has 0 aliphatic heterocycles. The summed E-state index contributed by atoms with van der Waals surface area (Å²) in [6.07, 6.45) is 1.36. The quantitative estimate of drug-likeness (QED) is 0.418. The van der Waals surface area contributed by atoms with Crippen molar-refractivity contribution >= 4 is 23.6 Å². The summed E-state index contributed by atoms with van der Waals surface area (Å²) in [5, 5.41) is 21.2. The van der Waals surface area contributed by atoms with Gasteiger partial charge in [-0.2, -0.15) is 5.26 Å². The molecular formula is C24H20N2O5. The number of aryl methyl sites for hydroxylation is 1. The predicted octanol–water partition coefficient (Wildman–Crippen LogP) is 4.90. The number of ether oxygens (including phenoxy) is 1. The molecule has 1 heterocycles. The second-order valence-electron chi connectivity index (χ2n) is 6.62. The summed E-state index contributed by atoms with van der Waals surface area (Å²) in [6, 6.07) is 16.8. The minimum absolute atomic E-state index is 0.118. The standard InChI is InChI=1S/C24H20N2O5/c1-3-30-19-7-5-18(6-8-19)26-23(27)17(14-25)13-20-9-11-22(31-20)21-10-4-16(24(28)29)12-15(21)2/h4-13H,3H2,1-2H3,(H,26,27)(H,28,29)/b17-13-. The molecule has 0 aliphatic carbocycles. The second-order valence-corrected chi connectivity index (χ2v) is 6.62. The fourth-order valence-corrected chi connectivity index (χ4v) is 2.94. The maximum atomic E-state index is 12.5. The first-order valence-corrected chi connectivity index (χ1v) is 9.51. The van der Waals surface area contributed by atoms with Crippen LogP contribution in [0.3, 0.4) is 0 Å². The molecule has 0 spiro atoms. The molecular weight excluding hydrogens is 396 g/mol. The first-order chi connectivity index (χ1) is 14.9. The summed E-state index contributed by atoms with van der Waals surface area (Å²) < 4.78 is 11.1. The first-order valence-electron chi connectivity index (χ1n) is 9.51. The van der Waals surface area contributed by atoms with E-state index in [2.05, 4.69) is 5.32 Å². The Labute approximate surface area is 179 Å². The predicted molar refractivity (Wildman–Crippen MR) is 116 cm³/mol. The van der Waals surface area contributed by atoms with Crippen molar-refractivity contribution in [1.82, 2.24) is 0 Å². The smallest absolute Gasteiger partial charge is 0.335 e. The van der Waals surface area contributed by atoms with Crippen molar-refractivity contribution in [3.05, 3.63) is 77.1 Å². The zero-order valence-electron chi connectivity index (χ0n) is 17.0. The van der Waals surface area contributed by atoms with E-state index < -0.39 is 11.9 Å². The van der Waals surface area contributed by atoms with Gasteiger partial charge >= 0.3 is 5.97 Å². The van der Waals surface area contributed by atoms with Gasteiger partial charge in [0.15, 0.2) is 0 Å². The zero-order valence-corrected chi connectivity index (χ0v) is 17.0. The Morgan fingerprint density at radius 3 is 2.52 bits per heavy atom. The van der Waals surface area contributed by atoms with Gasteiger partial charge in [-0.25, -0.2) is 4.79 Å². The SMILES string of the molecule is CCOc1ccc(NC(=O)/C(C#N)=C\c2ccc(-c3ccc(C(=O)O)cc3C)o2)cc1. The lowest BCUT2D eigenvalue weighted by molar-refractivity contribution is -0.112. The van der Waals surface area contributed by atoms with Crippen LogP contribution in [0.1, 0.15) is 28.6 Å². The van der Waals surface area contributed by atoms with Gasteiger partial charge < -0.3 is 19.6 Å². The number of carbonyl (C=O) groups is 2. The second kappa shape index (κ2) is 9.46. The molecule has 0 atom stereocenters. The van der Waals surface area contributed by atoms with Crippen molar-refractivity contribution in [2.75, 3.05) is 11.9 Å². The molecule has 0 aliphatic rings. The summed E-state index contributed by atoms with van der Waals surface area (Å²) in [5.41, 5.74) is 2.06. The number of carboxylic acids is 1. The van der Waals surface area contributed by atoms with E-state index in [1.54, 1.807) is 55.5 Å². The molecule has 7 heteroatoms. The van der Waals surface area contributed by atoms with Crippen molar-refractivity contribution in [1.29, 1.82) is 5.26 Å². The Balaban J connectivity index is 1.77. The van der Waals surface area contributed by atoms with Crippen LogP contribution in [0.15, 0.2) is 64.6 Å². The number of furan rings is 1. The highest BCUT2D eigenvalue weighted by Gasteiger charge is 2.13. The highest BCUT2D eigenvalue weighted by atomic mass is 16.5. The van der Waals surface area contributed by atoms with Crippen LogP contribution in [0, 0.1) is 18.3 Å². The summed E-state index contributed by atoms with van der Waals surface area (Å²) in [4.78, 5) is 23.6. The summed E-state index contributed by atoms with van der Waals surface area (Å²) in [6.45, 7) is 4.21. The van der Waals surface area contributed by atoms with Crippen molar-refractivity contribution in [3.63, 3.8) is 0 Å². The van der Waals surface area contributed by atoms with E-state index in [1.165, 1.54) is 12.1 Å². The van der Waals surface area contributed by atoms with E-state index in [9.17, 15) is 14.9 Å². The molecule has 0 unspecified atom stereocenters. The average Bonchev–Trinajstić information content (AvgIpc) is 3.21. The molecule has 3 rings (SSSR count). The number of aromatic carboxylic acids is 1. The van der Waals surface area contributed by atoms with E-state index in [0.29, 0.717) is 29.6 Å². The third-order valence-electron chi connectivity index (χ3n) is 4.44. The Kier molecular flexibility index (Phi) is 6.53. The molecule has 31 heavy (non-hydrogen) atoms. The number of nitriles is 1. The maximum Gasteiger partial charge on any atom is 0.335 e. The number of hydrogen-bond acceptors (Lipinski definition) is 5. The van der Waals surface area contributed by atoms with Crippen LogP contribution in [0.4, 0.5) is 5.69 Å². The van der Waals surface area contributed by atoms with Gasteiger partial charge in [0, 0.05) is 17.3 Å². The van der Waals surface area contributed by atoms with E-state index >= 15 is 0 Å². The fraction of sp³-hybridized carbons (Fsp3) is 0.125. The molecule has 0 bridgehead atoms. The topological polar surface area (TPSA) is 113 Å². The van der Waals surface area contributed by atoms with Crippen LogP contribution in [-0.4, -0.2) is 23.6 Å². The number of carboxylic acid groups (broad SMARTS) is 1. The van der Waals surface area contributed by atoms with Gasteiger partial charge in [0.2, 0.25) is 0 Å². The molecule has 2 aromatic carbocycles. The van der Waals surface area contributed by atoms with Gasteiger partial charge in [-0.15, -0.1) is 0 Å². The molecule has 7 nitrogen and oxygen atoms in total. The lowest BCUT2D eigenvalue weighted by Gasteiger charge is -2.06. The minimum Gasteiger partial charge on any atom is -0.494 e. The highest BCUT2D eigenvalue weighted by Crippen LogP contribution is 2.27. The Morgan fingerprint density at radius 1 is 1.16 bits per heavy atom. The molecule has 0 saturated heterocycles. The van der Waals surface area contributed by atoms with E-state index in [4.69, 9.17) is 14.3 Å². The summed E-state index contributed by atoms with van der Waals surface area (Å²) >= 11 is 0. The van der Waals surface area contributed by atoms with Crippen LogP contribution in [-0.2, 0) is 4.79 Å². The van der Waals surface area contributed by atoms with Crippen molar-refractivity contribution in [2.45, 2.75) is 13.8 Å². The summed E-state index contributed by atoms with van der Waals surface area (Å²) in [7, 11) is 0. The van der Waals surface area contributed by atoms with Crippen molar-refractivity contribution in [2.24, 2.45) is 0 Å². The maximum absolute atomic E-state index is 12.5. The number of rotatable bonds is 7. The monoisotopic (exact) mass is 416 g/mol. The zero-order chi connectivity index (χ0) is 22.4. The molecule has 0 radical (unpaired) electrons. The molecule has 1 aromatic heterocycles. The van der Waals surface area contributed by atoms with E-state index in [0.717, 1.165) is 11.1 Å². The Hall–Kier alpha value is -4.31. The highest BCUT2D eigenvalue weighted by molar-refractivity contribution is 6.09. The average molecular weight is 416 g/mol. The van der Waals surface area contributed by atoms with Crippen molar-refractivity contribution < 1.29 is 23.8 Å². The van der Waals surface area contributed by atoms with Gasteiger partial charge in [0.25, 0.3) is 5.91 Å². The van der Waals surface area contributed by atoms with Gasteiger partial charge in [-0.3, -0.25) is 4.79 Å². The van der Waals surface area contributed by atoms with Crippen LogP contribution < -0.4 is 10.1 Å². The Morgan fingerprint density at radius 2 is 1.90 bits per heavy atom. The lowest BCUT2D eigenvalue weighted by atomic mass is 10.0. The third-order valence-corrected chi connectivity index (χ3v) is 4.44. The number of amides is 1. The number of carbonyl (C=O) groups excluding carboxylic acids is 1. The molecule has 0 fully saturated rings. The van der Waals surface area contributed by atoms with Crippen LogP contribution >= 0.6 is 0 Å². The van der Waals surface area contributed by atoms with Gasteiger partial charge in [-0.1, -0.05) is 6.07 Å². The normalized spacial score (nSPS) is 10.9. The van der Waals surface area contributed by atoms with Crippen LogP contribution in [0.5, 0.6) is 5.75 Å². The van der Waals surface area contributed by atoms with E-state index in [1.807, 2.05) is 13.0 Å². The van der Waals surface area contributed by atoms with E-state index in [-0.39, 0.29) is 11.1 Å². The molecule has 3 aromatic rings. The molecule has 2 N–H and O–H groups in total. The van der Waals surface area contributed by atoms with Crippen LogP contribution in [0.2, 0.25) is 0 Å². The molecule has 0 saturated carbocycles. The number of anilines is 1. The minimum atomic E-state index is -1.00. The number of nitrogens with zero attached hydrogens (tertiary/aromatic N) is 1. The van der Waals surface area contributed by atoms with Crippen LogP contribution in [0.25, 0.3) is 17.4 Å². The number of hydrogen-bond donors (Lipinski definition) is 2. The molecule has 1 amide bonds. The Bertz CT molecular complexity index is 1180.